The van der Waals surface area contributed by atoms with Crippen LogP contribution in [0.2, 0.25) is 25.2 Å². The van der Waals surface area contributed by atoms with Gasteiger partial charge < -0.3 is 40.2 Å². The average Bonchev–Trinajstić information content (AvgIpc) is 4.02. The number of aliphatic hydroxyl groups excluding tert-OH is 1. The molecule has 0 bridgehead atoms. The van der Waals surface area contributed by atoms with Crippen LogP contribution in [0.3, 0.4) is 0 Å². The van der Waals surface area contributed by atoms with Crippen molar-refractivity contribution in [3.05, 3.63) is 72.3 Å². The molecule has 2 saturated heterocycles. The molecule has 0 aliphatic carbocycles. The van der Waals surface area contributed by atoms with E-state index in [0.717, 1.165) is 91.3 Å². The van der Waals surface area contributed by atoms with E-state index in [9.17, 15) is 24.3 Å². The van der Waals surface area contributed by atoms with E-state index in [1.54, 1.807) is 4.90 Å². The molecule has 14 nitrogen and oxygen atoms in total. The molecule has 61 heavy (non-hydrogen) atoms. The molecule has 2 aromatic heterocycles. The number of aromatic amines is 2. The van der Waals surface area contributed by atoms with Gasteiger partial charge in [0.05, 0.1) is 49.3 Å². The number of benzene rings is 4. The number of imidazole rings is 2. The van der Waals surface area contributed by atoms with Crippen molar-refractivity contribution in [1.82, 2.24) is 40.4 Å². The van der Waals surface area contributed by atoms with Gasteiger partial charge in [-0.05, 0) is 82.9 Å². The van der Waals surface area contributed by atoms with E-state index in [2.05, 4.69) is 88.3 Å². The summed E-state index contributed by atoms with van der Waals surface area (Å²) in [6.45, 7) is 12.9. The molecule has 5 N–H and O–H groups in total. The second-order valence-corrected chi connectivity index (χ2v) is 23.4. The number of nitrogens with zero attached hydrogens (tertiary/aromatic N) is 4. The van der Waals surface area contributed by atoms with E-state index in [1.807, 2.05) is 38.7 Å². The molecular formula is C46H56N8O6Si. The number of ether oxygens (including phenoxy) is 1. The van der Waals surface area contributed by atoms with Gasteiger partial charge in [-0.25, -0.2) is 14.8 Å². The Morgan fingerprint density at radius 2 is 1.30 bits per heavy atom. The third kappa shape index (κ3) is 8.08. The van der Waals surface area contributed by atoms with Crippen LogP contribution < -0.4 is 10.6 Å². The van der Waals surface area contributed by atoms with Crippen molar-refractivity contribution in [3.63, 3.8) is 0 Å². The van der Waals surface area contributed by atoms with Gasteiger partial charge in [0.2, 0.25) is 17.7 Å². The second kappa shape index (κ2) is 16.6. The maximum atomic E-state index is 14.1. The Hall–Kier alpha value is -5.80. The number of fused-ring (bicyclic) bond motifs is 6. The zero-order valence-corrected chi connectivity index (χ0v) is 37.0. The van der Waals surface area contributed by atoms with Gasteiger partial charge in [-0.3, -0.25) is 14.4 Å². The molecule has 0 saturated carbocycles. The fraction of sp³-hybridized carbons (Fsp3) is 0.435. The lowest BCUT2D eigenvalue weighted by Gasteiger charge is -2.43. The van der Waals surface area contributed by atoms with E-state index in [0.29, 0.717) is 13.1 Å². The zero-order chi connectivity index (χ0) is 43.3. The molecule has 4 heterocycles. The number of rotatable bonds is 10. The number of aromatic nitrogens is 4. The minimum atomic E-state index is -1.64. The first-order chi connectivity index (χ1) is 29.2. The van der Waals surface area contributed by atoms with Crippen LogP contribution in [0.15, 0.2) is 60.7 Å². The summed E-state index contributed by atoms with van der Waals surface area (Å²) >= 11 is 0. The van der Waals surface area contributed by atoms with Gasteiger partial charge in [0.1, 0.15) is 30.3 Å². The highest BCUT2D eigenvalue weighted by Crippen LogP contribution is 2.40. The summed E-state index contributed by atoms with van der Waals surface area (Å²) in [4.78, 5) is 73.1. The number of methoxy groups -OCH3 is 1. The molecule has 4 aromatic carbocycles. The lowest BCUT2D eigenvalue weighted by molar-refractivity contribution is -0.139. The summed E-state index contributed by atoms with van der Waals surface area (Å²) in [5.41, 5.74) is 5.62. The van der Waals surface area contributed by atoms with Crippen LogP contribution in [0.4, 0.5) is 4.79 Å². The molecule has 15 heteroatoms. The number of nitrogens with one attached hydrogen (secondary N) is 4. The molecule has 0 spiro atoms. The maximum Gasteiger partial charge on any atom is 0.407 e. The Morgan fingerprint density at radius 3 is 1.82 bits per heavy atom. The van der Waals surface area contributed by atoms with Crippen molar-refractivity contribution < 1.29 is 29.0 Å². The topological polar surface area (TPSA) is 186 Å². The third-order valence-electron chi connectivity index (χ3n) is 12.7. The molecule has 2 aliphatic heterocycles. The van der Waals surface area contributed by atoms with Crippen molar-refractivity contribution in [3.8, 4) is 11.1 Å². The highest BCUT2D eigenvalue weighted by molar-refractivity contribution is 6.77. The van der Waals surface area contributed by atoms with Gasteiger partial charge in [-0.1, -0.05) is 77.2 Å². The van der Waals surface area contributed by atoms with Crippen LogP contribution in [0.25, 0.3) is 54.7 Å². The normalized spacial score (nSPS) is 19.0. The first-order valence-corrected chi connectivity index (χ1v) is 24.8. The SMILES string of the molecule is COC(=O)NC(C(=O)N1CC[Si](C)(C)CC1c1nc2c(ccc3cc(-c4ccc5c(ccc6[nH]c([C@@H]7CCCN7C(=O)C(NC(=O)CO)C(C)C)nc65)c4)ccc32)[nH]1)C(C)C. The first kappa shape index (κ1) is 41.9. The Labute approximate surface area is 355 Å². The quantitative estimate of drug-likeness (QED) is 0.0898. The number of carbonyl (C=O) groups is 4. The second-order valence-electron chi connectivity index (χ2n) is 18.2. The van der Waals surface area contributed by atoms with Gasteiger partial charge in [-0.15, -0.1) is 0 Å². The number of aliphatic hydroxyl groups is 1. The molecule has 3 unspecified atom stereocenters. The van der Waals surface area contributed by atoms with Crippen LogP contribution in [-0.4, -0.2) is 106 Å². The van der Waals surface area contributed by atoms with Crippen molar-refractivity contribution in [1.29, 1.82) is 0 Å². The maximum absolute atomic E-state index is 14.1. The van der Waals surface area contributed by atoms with Crippen LogP contribution >= 0.6 is 0 Å². The third-order valence-corrected chi connectivity index (χ3v) is 15.8. The number of H-pyrrole nitrogens is 2. The molecule has 8 rings (SSSR count). The monoisotopic (exact) mass is 844 g/mol. The number of amides is 4. The fourth-order valence-electron chi connectivity index (χ4n) is 9.24. The minimum absolute atomic E-state index is 0.121. The summed E-state index contributed by atoms with van der Waals surface area (Å²) < 4.78 is 4.85. The highest BCUT2D eigenvalue weighted by atomic mass is 28.3. The van der Waals surface area contributed by atoms with Crippen molar-refractivity contribution in [2.45, 2.75) is 89.9 Å². The lowest BCUT2D eigenvalue weighted by Crippen LogP contribution is -2.55. The molecule has 4 atom stereocenters. The van der Waals surface area contributed by atoms with E-state index >= 15 is 0 Å². The van der Waals surface area contributed by atoms with E-state index in [4.69, 9.17) is 14.7 Å². The number of hydrogen-bond donors (Lipinski definition) is 5. The Morgan fingerprint density at radius 1 is 0.770 bits per heavy atom. The highest BCUT2D eigenvalue weighted by Gasteiger charge is 2.42. The van der Waals surface area contributed by atoms with E-state index in [1.165, 1.54) is 7.11 Å². The van der Waals surface area contributed by atoms with Crippen LogP contribution in [0, 0.1) is 11.8 Å². The molecule has 6 aromatic rings. The Balaban J connectivity index is 1.07. The molecule has 320 valence electrons. The van der Waals surface area contributed by atoms with Crippen LogP contribution in [0.5, 0.6) is 0 Å². The van der Waals surface area contributed by atoms with Crippen LogP contribution in [0.1, 0.15) is 64.3 Å². The van der Waals surface area contributed by atoms with Gasteiger partial charge in [0.15, 0.2) is 0 Å². The predicted octanol–water partition coefficient (Wildman–Crippen LogP) is 7.18. The summed E-state index contributed by atoms with van der Waals surface area (Å²) in [5.74, 6) is 0.360. The Bertz CT molecular complexity index is 2670. The standard InChI is InChI=1S/C46H56N8O6Si/c1-25(2)38(49-37(56)23-55)44(57)53-18-8-9-35(53)42-47-33-16-12-29-21-27(10-14-31(29)40(33)50-42)28-11-15-32-30(22-28)13-17-34-41(32)51-43(48-34)36-24-61(6,7)20-19-54(36)45(58)39(26(3)4)52-46(59)60-5/h10-17,21-22,25-26,35-36,38-39,55H,8-9,18-20,23-24H2,1-7H3,(H,47,50)(H,48,51)(H,49,56)(H,52,59)/t35-,36?,38?,39?/m0/s1. The largest absolute Gasteiger partial charge is 0.453 e. The summed E-state index contributed by atoms with van der Waals surface area (Å²) in [6, 6.07) is 21.0. The predicted molar refractivity (Wildman–Crippen MR) is 239 cm³/mol. The fourth-order valence-corrected chi connectivity index (χ4v) is 11.8. The summed E-state index contributed by atoms with van der Waals surface area (Å²) in [7, 11) is -0.331. The van der Waals surface area contributed by atoms with E-state index < -0.39 is 38.8 Å². The van der Waals surface area contributed by atoms with E-state index in [-0.39, 0.29) is 35.7 Å². The first-order valence-electron chi connectivity index (χ1n) is 21.4. The summed E-state index contributed by atoms with van der Waals surface area (Å²) in [5, 5.41) is 18.9. The summed E-state index contributed by atoms with van der Waals surface area (Å²) in [6.07, 6.45) is 0.962. The number of likely N-dealkylation sites (tertiary alicyclic amines) is 1. The lowest BCUT2D eigenvalue weighted by atomic mass is 9.98. The molecular weight excluding hydrogens is 789 g/mol. The van der Waals surface area contributed by atoms with Crippen molar-refractivity contribution in [2.24, 2.45) is 11.8 Å². The number of hydrogen-bond acceptors (Lipinski definition) is 8. The zero-order valence-electron chi connectivity index (χ0n) is 36.0. The van der Waals surface area contributed by atoms with Gasteiger partial charge in [0.25, 0.3) is 0 Å². The van der Waals surface area contributed by atoms with Crippen molar-refractivity contribution >= 4 is 75.5 Å². The van der Waals surface area contributed by atoms with Crippen molar-refractivity contribution in [2.75, 3.05) is 26.8 Å². The molecule has 4 amide bonds. The molecule has 2 fully saturated rings. The molecule has 2 aliphatic rings. The van der Waals surface area contributed by atoms with Gasteiger partial charge >= 0.3 is 6.09 Å². The Kier molecular flexibility index (Phi) is 11.4. The number of alkyl carbamates (subject to hydrolysis) is 1. The van der Waals surface area contributed by atoms with Crippen LogP contribution in [-0.2, 0) is 19.1 Å². The average molecular weight is 845 g/mol. The van der Waals surface area contributed by atoms with Gasteiger partial charge in [-0.2, -0.15) is 0 Å². The number of carbonyl (C=O) groups excluding carboxylic acids is 4. The smallest absolute Gasteiger partial charge is 0.407 e. The van der Waals surface area contributed by atoms with Gasteiger partial charge in [0, 0.05) is 23.9 Å². The minimum Gasteiger partial charge on any atom is -0.453 e. The molecule has 0 radical (unpaired) electrons.